The van der Waals surface area contributed by atoms with Crippen molar-refractivity contribution >= 4 is 34.8 Å². The Bertz CT molecular complexity index is 1040. The molecule has 1 aromatic heterocycles. The van der Waals surface area contributed by atoms with Crippen LogP contribution in [0.5, 0.6) is 11.5 Å². The summed E-state index contributed by atoms with van der Waals surface area (Å²) in [6.45, 7) is 2.23. The number of nitrogens with one attached hydrogen (secondary N) is 2. The van der Waals surface area contributed by atoms with E-state index in [1.807, 2.05) is 12.3 Å². The highest BCUT2D eigenvalue weighted by Crippen LogP contribution is 2.22. The highest BCUT2D eigenvalue weighted by atomic mass is 35.5. The molecule has 0 spiro atoms. The molecular formula is C20H18ClN3O4S. The van der Waals surface area contributed by atoms with Crippen molar-refractivity contribution in [3.8, 4) is 11.5 Å². The van der Waals surface area contributed by atoms with Crippen molar-refractivity contribution < 1.29 is 19.1 Å². The fourth-order valence-corrected chi connectivity index (χ4v) is 3.24. The Morgan fingerprint density at radius 2 is 1.93 bits per heavy atom. The molecule has 0 saturated heterocycles. The summed E-state index contributed by atoms with van der Waals surface area (Å²) in [5.41, 5.74) is 6.08. The summed E-state index contributed by atoms with van der Waals surface area (Å²) < 4.78 is 10.8. The van der Waals surface area contributed by atoms with Crippen molar-refractivity contribution in [3.63, 3.8) is 0 Å². The molecular weight excluding hydrogens is 414 g/mol. The third-order valence-electron chi connectivity index (χ3n) is 3.85. The second kappa shape index (κ2) is 9.40. The van der Waals surface area contributed by atoms with E-state index in [1.54, 1.807) is 47.7 Å². The number of ether oxygens (including phenoxy) is 2. The summed E-state index contributed by atoms with van der Waals surface area (Å²) in [6.07, 6.45) is 0. The van der Waals surface area contributed by atoms with Gasteiger partial charge in [0.05, 0.1) is 23.4 Å². The fourth-order valence-electron chi connectivity index (χ4n) is 2.47. The maximum absolute atomic E-state index is 12.4. The molecule has 7 nitrogen and oxygen atoms in total. The van der Waals surface area contributed by atoms with E-state index < -0.39 is 11.8 Å². The maximum atomic E-state index is 12.4. The van der Waals surface area contributed by atoms with Crippen LogP contribution in [0.25, 0.3) is 0 Å². The van der Waals surface area contributed by atoms with Crippen LogP contribution in [0.15, 0.2) is 47.8 Å². The molecule has 1 heterocycles. The summed E-state index contributed by atoms with van der Waals surface area (Å²) in [7, 11) is 1.44. The molecule has 0 unspecified atom stereocenters. The summed E-state index contributed by atoms with van der Waals surface area (Å²) in [5.74, 6) is -0.182. The minimum Gasteiger partial charge on any atom is -0.496 e. The molecule has 0 radical (unpaired) electrons. The number of hydrogen-bond acceptors (Lipinski definition) is 6. The summed E-state index contributed by atoms with van der Waals surface area (Å²) in [4.78, 5) is 29.1. The van der Waals surface area contributed by atoms with Gasteiger partial charge in [0.2, 0.25) is 0 Å². The first-order valence-corrected chi connectivity index (χ1v) is 9.80. The predicted molar refractivity (Wildman–Crippen MR) is 111 cm³/mol. The minimum absolute atomic E-state index is 0.205. The zero-order valence-corrected chi connectivity index (χ0v) is 17.3. The van der Waals surface area contributed by atoms with Gasteiger partial charge in [-0.25, -0.2) is 4.98 Å². The molecule has 0 atom stereocenters. The molecule has 0 aliphatic heterocycles. The van der Waals surface area contributed by atoms with Crippen LogP contribution in [-0.4, -0.2) is 23.9 Å². The normalized spacial score (nSPS) is 10.3. The van der Waals surface area contributed by atoms with Gasteiger partial charge in [0, 0.05) is 16.0 Å². The molecule has 0 aliphatic carbocycles. The van der Waals surface area contributed by atoms with Gasteiger partial charge in [-0.15, -0.1) is 11.3 Å². The number of thiazole rings is 1. The Labute approximate surface area is 176 Å². The Balaban J connectivity index is 1.60. The molecule has 2 amide bonds. The van der Waals surface area contributed by atoms with E-state index in [9.17, 15) is 9.59 Å². The standard InChI is InChI=1S/C20H18ClN3O4S/c1-12-22-15(11-29-12)10-28-16-5-3-4-13(8-16)19(25)23-24-20(26)17-9-14(21)6-7-18(17)27-2/h3-9,11H,10H2,1-2H3,(H,23,25)(H,24,26). The quantitative estimate of drug-likeness (QED) is 0.580. The third-order valence-corrected chi connectivity index (χ3v) is 4.90. The topological polar surface area (TPSA) is 89.6 Å². The van der Waals surface area contributed by atoms with Crippen LogP contribution in [0.1, 0.15) is 31.4 Å². The molecule has 2 N–H and O–H groups in total. The number of aromatic nitrogens is 1. The fraction of sp³-hybridized carbons (Fsp3) is 0.150. The second-order valence-corrected chi connectivity index (χ2v) is 7.43. The van der Waals surface area contributed by atoms with E-state index in [-0.39, 0.29) is 5.56 Å². The zero-order chi connectivity index (χ0) is 20.8. The van der Waals surface area contributed by atoms with E-state index >= 15 is 0 Å². The lowest BCUT2D eigenvalue weighted by molar-refractivity contribution is 0.0844. The molecule has 0 bridgehead atoms. The molecule has 9 heteroatoms. The lowest BCUT2D eigenvalue weighted by Gasteiger charge is -2.11. The molecule has 0 aliphatic rings. The number of methoxy groups -OCH3 is 1. The average Bonchev–Trinajstić information content (AvgIpc) is 3.15. The third kappa shape index (κ3) is 5.46. The van der Waals surface area contributed by atoms with Gasteiger partial charge in [0.25, 0.3) is 11.8 Å². The number of nitrogens with zero attached hydrogens (tertiary/aromatic N) is 1. The van der Waals surface area contributed by atoms with Crippen molar-refractivity contribution in [3.05, 3.63) is 74.7 Å². The van der Waals surface area contributed by atoms with Crippen molar-refractivity contribution in [2.75, 3.05) is 7.11 Å². The Morgan fingerprint density at radius 1 is 1.14 bits per heavy atom. The number of hydrogen-bond donors (Lipinski definition) is 2. The van der Waals surface area contributed by atoms with Crippen LogP contribution in [0.4, 0.5) is 0 Å². The molecule has 0 saturated carbocycles. The average molecular weight is 432 g/mol. The smallest absolute Gasteiger partial charge is 0.273 e. The Morgan fingerprint density at radius 3 is 2.66 bits per heavy atom. The van der Waals surface area contributed by atoms with Gasteiger partial charge >= 0.3 is 0 Å². The summed E-state index contributed by atoms with van der Waals surface area (Å²) in [5, 5.41) is 3.26. The molecule has 0 fully saturated rings. The van der Waals surface area contributed by atoms with Crippen LogP contribution in [-0.2, 0) is 6.61 Å². The van der Waals surface area contributed by atoms with Crippen molar-refractivity contribution in [1.82, 2.24) is 15.8 Å². The SMILES string of the molecule is COc1ccc(Cl)cc1C(=O)NNC(=O)c1cccc(OCc2csc(C)n2)c1. The lowest BCUT2D eigenvalue weighted by atomic mass is 10.2. The largest absolute Gasteiger partial charge is 0.496 e. The molecule has 3 aromatic rings. The van der Waals surface area contributed by atoms with Crippen LogP contribution in [0.2, 0.25) is 5.02 Å². The number of carbonyl (C=O) groups excluding carboxylic acids is 2. The van der Waals surface area contributed by atoms with Gasteiger partial charge in [0.1, 0.15) is 18.1 Å². The van der Waals surface area contributed by atoms with Crippen LogP contribution >= 0.6 is 22.9 Å². The van der Waals surface area contributed by atoms with Crippen LogP contribution in [0.3, 0.4) is 0 Å². The van der Waals surface area contributed by atoms with E-state index in [1.165, 1.54) is 13.2 Å². The van der Waals surface area contributed by atoms with Crippen molar-refractivity contribution in [2.24, 2.45) is 0 Å². The van der Waals surface area contributed by atoms with Gasteiger partial charge in [-0.05, 0) is 43.3 Å². The van der Waals surface area contributed by atoms with Gasteiger partial charge in [0.15, 0.2) is 0 Å². The van der Waals surface area contributed by atoms with Crippen molar-refractivity contribution in [1.29, 1.82) is 0 Å². The molecule has 2 aromatic carbocycles. The Hall–Kier alpha value is -3.10. The van der Waals surface area contributed by atoms with Gasteiger partial charge in [-0.1, -0.05) is 17.7 Å². The number of benzene rings is 2. The number of hydrazine groups is 1. The number of halogens is 1. The van der Waals surface area contributed by atoms with E-state index in [2.05, 4.69) is 15.8 Å². The first-order valence-electron chi connectivity index (χ1n) is 8.54. The Kier molecular flexibility index (Phi) is 6.69. The van der Waals surface area contributed by atoms with Gasteiger partial charge in [-0.3, -0.25) is 20.4 Å². The van der Waals surface area contributed by atoms with Crippen molar-refractivity contribution in [2.45, 2.75) is 13.5 Å². The highest BCUT2D eigenvalue weighted by Gasteiger charge is 2.14. The minimum atomic E-state index is -0.552. The summed E-state index contributed by atoms with van der Waals surface area (Å²) in [6, 6.07) is 11.3. The number of carbonyl (C=O) groups is 2. The molecule has 3 rings (SSSR count). The number of aryl methyl sites for hydroxylation is 1. The number of rotatable bonds is 6. The predicted octanol–water partition coefficient (Wildman–Crippen LogP) is 3.77. The first-order chi connectivity index (χ1) is 14.0. The van der Waals surface area contributed by atoms with E-state index in [0.29, 0.717) is 28.7 Å². The zero-order valence-electron chi connectivity index (χ0n) is 15.7. The second-order valence-electron chi connectivity index (χ2n) is 5.93. The lowest BCUT2D eigenvalue weighted by Crippen LogP contribution is -2.41. The first kappa shape index (κ1) is 20.6. The molecule has 29 heavy (non-hydrogen) atoms. The van der Waals surface area contributed by atoms with Gasteiger partial charge < -0.3 is 9.47 Å². The van der Waals surface area contributed by atoms with E-state index in [0.717, 1.165) is 10.7 Å². The highest BCUT2D eigenvalue weighted by molar-refractivity contribution is 7.09. The summed E-state index contributed by atoms with van der Waals surface area (Å²) >= 11 is 7.47. The van der Waals surface area contributed by atoms with Gasteiger partial charge in [-0.2, -0.15) is 0 Å². The molecule has 150 valence electrons. The number of amides is 2. The monoisotopic (exact) mass is 431 g/mol. The maximum Gasteiger partial charge on any atom is 0.273 e. The van der Waals surface area contributed by atoms with Crippen LogP contribution < -0.4 is 20.3 Å². The van der Waals surface area contributed by atoms with Crippen LogP contribution in [0, 0.1) is 6.92 Å². The van der Waals surface area contributed by atoms with E-state index in [4.69, 9.17) is 21.1 Å².